The van der Waals surface area contributed by atoms with E-state index in [1.807, 2.05) is 0 Å². The topological polar surface area (TPSA) is 42.8 Å². The Morgan fingerprint density at radius 3 is 2.44 bits per heavy atom. The second-order valence-corrected chi connectivity index (χ2v) is 5.12. The van der Waals surface area contributed by atoms with E-state index in [1.54, 1.807) is 18.2 Å². The van der Waals surface area contributed by atoms with Gasteiger partial charge in [0.2, 0.25) is 0 Å². The average molecular weight is 290 g/mol. The third kappa shape index (κ3) is 4.14. The summed E-state index contributed by atoms with van der Waals surface area (Å²) < 4.78 is 5.24. The maximum atomic E-state index is 11.8. The number of hydrogen-bond donors (Lipinski definition) is 2. The first-order chi connectivity index (χ1) is 8.63. The van der Waals surface area contributed by atoms with Crippen LogP contribution in [-0.2, 0) is 9.53 Å². The van der Waals surface area contributed by atoms with Crippen LogP contribution in [0.2, 0.25) is 10.0 Å². The van der Waals surface area contributed by atoms with Gasteiger partial charge in [0.1, 0.15) is 13.1 Å². The minimum absolute atomic E-state index is 0.0368. The molecule has 2 rings (SSSR count). The second-order valence-electron chi connectivity index (χ2n) is 4.25. The van der Waals surface area contributed by atoms with Gasteiger partial charge in [-0.3, -0.25) is 4.79 Å². The van der Waals surface area contributed by atoms with Crippen molar-refractivity contribution >= 4 is 34.8 Å². The number of rotatable bonds is 3. The molecule has 18 heavy (non-hydrogen) atoms. The van der Waals surface area contributed by atoms with Gasteiger partial charge in [0, 0.05) is 15.7 Å². The largest absolute Gasteiger partial charge is 0.370 e. The lowest BCUT2D eigenvalue weighted by Gasteiger charge is -2.23. The van der Waals surface area contributed by atoms with Crippen molar-refractivity contribution in [3.63, 3.8) is 0 Å². The number of carbonyl (C=O) groups excluding carboxylic acids is 1. The fourth-order valence-corrected chi connectivity index (χ4v) is 2.42. The summed E-state index contributed by atoms with van der Waals surface area (Å²) in [5.41, 5.74) is 0.630. The van der Waals surface area contributed by atoms with Crippen LogP contribution in [0.25, 0.3) is 0 Å². The molecule has 2 N–H and O–H groups in total. The quantitative estimate of drug-likeness (QED) is 0.866. The minimum Gasteiger partial charge on any atom is -0.370 e. The van der Waals surface area contributed by atoms with E-state index >= 15 is 0 Å². The van der Waals surface area contributed by atoms with E-state index in [0.717, 1.165) is 13.1 Å². The van der Waals surface area contributed by atoms with E-state index < -0.39 is 0 Å². The standard InChI is InChI=1S/C12H14Cl2N2O2/c13-9-5-10(14)7-11(6-9)15-12(17)8-16-1-3-18-4-2-16/h5-7H,1-4,8H2,(H,15,17)/p+1. The molecule has 6 heteroatoms. The number of hydrogen-bond acceptors (Lipinski definition) is 2. The molecule has 1 saturated heterocycles. The fraction of sp³-hybridized carbons (Fsp3) is 0.417. The van der Waals surface area contributed by atoms with E-state index in [4.69, 9.17) is 27.9 Å². The van der Waals surface area contributed by atoms with Gasteiger partial charge in [-0.1, -0.05) is 23.2 Å². The Labute approximate surface area is 116 Å². The molecule has 98 valence electrons. The molecule has 1 amide bonds. The third-order valence-corrected chi connectivity index (χ3v) is 3.19. The van der Waals surface area contributed by atoms with Gasteiger partial charge in [0.05, 0.1) is 13.2 Å². The molecule has 0 bridgehead atoms. The van der Waals surface area contributed by atoms with Crippen LogP contribution in [-0.4, -0.2) is 38.8 Å². The number of amides is 1. The van der Waals surface area contributed by atoms with Gasteiger partial charge in [-0.25, -0.2) is 0 Å². The van der Waals surface area contributed by atoms with Crippen molar-refractivity contribution in [2.75, 3.05) is 38.2 Å². The molecular weight excluding hydrogens is 275 g/mol. The molecule has 1 aromatic carbocycles. The van der Waals surface area contributed by atoms with Crippen LogP contribution >= 0.6 is 23.2 Å². The van der Waals surface area contributed by atoms with Gasteiger partial charge in [0.15, 0.2) is 6.54 Å². The second kappa shape index (κ2) is 6.38. The van der Waals surface area contributed by atoms with Crippen molar-refractivity contribution in [2.45, 2.75) is 0 Å². The van der Waals surface area contributed by atoms with Crippen LogP contribution in [0.3, 0.4) is 0 Å². The van der Waals surface area contributed by atoms with Crippen LogP contribution in [0, 0.1) is 0 Å². The highest BCUT2D eigenvalue weighted by atomic mass is 35.5. The summed E-state index contributed by atoms with van der Waals surface area (Å²) >= 11 is 11.7. The van der Waals surface area contributed by atoms with Crippen LogP contribution in [0.1, 0.15) is 0 Å². The zero-order chi connectivity index (χ0) is 13.0. The van der Waals surface area contributed by atoms with Gasteiger partial charge in [-0.15, -0.1) is 0 Å². The van der Waals surface area contributed by atoms with Crippen LogP contribution < -0.4 is 10.2 Å². The number of anilines is 1. The van der Waals surface area contributed by atoms with E-state index in [1.165, 1.54) is 4.90 Å². The Morgan fingerprint density at radius 2 is 1.83 bits per heavy atom. The SMILES string of the molecule is O=C(C[NH+]1CCOCC1)Nc1cc(Cl)cc(Cl)c1. The number of ether oxygens (including phenoxy) is 1. The molecule has 1 fully saturated rings. The summed E-state index contributed by atoms with van der Waals surface area (Å²) in [7, 11) is 0. The molecule has 1 aliphatic rings. The van der Waals surface area contributed by atoms with Crippen molar-refractivity contribution in [3.8, 4) is 0 Å². The van der Waals surface area contributed by atoms with Crippen molar-refractivity contribution in [1.29, 1.82) is 0 Å². The number of quaternary nitrogens is 1. The molecular formula is C12H15Cl2N2O2+. The van der Waals surface area contributed by atoms with Gasteiger partial charge in [-0.05, 0) is 18.2 Å². The summed E-state index contributed by atoms with van der Waals surface area (Å²) in [6, 6.07) is 4.99. The minimum atomic E-state index is -0.0368. The lowest BCUT2D eigenvalue weighted by atomic mass is 10.3. The number of nitrogens with one attached hydrogen (secondary N) is 2. The number of morpholine rings is 1. The van der Waals surface area contributed by atoms with Crippen LogP contribution in [0.15, 0.2) is 18.2 Å². The molecule has 1 heterocycles. The van der Waals surface area contributed by atoms with E-state index in [0.29, 0.717) is 35.5 Å². The summed E-state index contributed by atoms with van der Waals surface area (Å²) in [5, 5.41) is 3.82. The molecule has 1 aliphatic heterocycles. The normalized spacial score (nSPS) is 16.6. The lowest BCUT2D eigenvalue weighted by Crippen LogP contribution is -3.15. The first-order valence-corrected chi connectivity index (χ1v) is 6.56. The Bertz CT molecular complexity index is 414. The monoisotopic (exact) mass is 289 g/mol. The first-order valence-electron chi connectivity index (χ1n) is 5.81. The summed E-state index contributed by atoms with van der Waals surface area (Å²) in [6.07, 6.45) is 0. The Morgan fingerprint density at radius 1 is 1.22 bits per heavy atom. The van der Waals surface area contributed by atoms with Crippen LogP contribution in [0.5, 0.6) is 0 Å². The van der Waals surface area contributed by atoms with Gasteiger partial charge in [-0.2, -0.15) is 0 Å². The molecule has 0 unspecified atom stereocenters. The first kappa shape index (κ1) is 13.6. The third-order valence-electron chi connectivity index (χ3n) is 2.76. The highest BCUT2D eigenvalue weighted by Crippen LogP contribution is 2.22. The van der Waals surface area contributed by atoms with Crippen molar-refractivity contribution in [1.82, 2.24) is 0 Å². The highest BCUT2D eigenvalue weighted by Gasteiger charge is 2.17. The van der Waals surface area contributed by atoms with E-state index in [-0.39, 0.29) is 5.91 Å². The number of benzene rings is 1. The van der Waals surface area contributed by atoms with Crippen LogP contribution in [0.4, 0.5) is 5.69 Å². The fourth-order valence-electron chi connectivity index (χ4n) is 1.90. The number of halogens is 2. The number of carbonyl (C=O) groups is 1. The Hall–Kier alpha value is -0.810. The van der Waals surface area contributed by atoms with Gasteiger partial charge in [0.25, 0.3) is 5.91 Å². The molecule has 0 aromatic heterocycles. The summed E-state index contributed by atoms with van der Waals surface area (Å²) in [5.74, 6) is -0.0368. The van der Waals surface area contributed by atoms with Gasteiger partial charge >= 0.3 is 0 Å². The predicted molar refractivity (Wildman–Crippen MR) is 71.5 cm³/mol. The van der Waals surface area contributed by atoms with E-state index in [9.17, 15) is 4.79 Å². The zero-order valence-corrected chi connectivity index (χ0v) is 11.4. The molecule has 1 aromatic rings. The van der Waals surface area contributed by atoms with Crippen molar-refractivity contribution in [2.24, 2.45) is 0 Å². The molecule has 0 atom stereocenters. The average Bonchev–Trinajstić information content (AvgIpc) is 2.28. The zero-order valence-electron chi connectivity index (χ0n) is 9.84. The molecule has 0 spiro atoms. The molecule has 0 radical (unpaired) electrons. The van der Waals surface area contributed by atoms with Gasteiger partial charge < -0.3 is 15.0 Å². The van der Waals surface area contributed by atoms with Crippen molar-refractivity contribution < 1.29 is 14.4 Å². The molecule has 0 saturated carbocycles. The predicted octanol–water partition coefficient (Wildman–Crippen LogP) is 0.847. The molecule has 0 aliphatic carbocycles. The Balaban J connectivity index is 1.89. The summed E-state index contributed by atoms with van der Waals surface area (Å²) in [4.78, 5) is 13.1. The maximum absolute atomic E-state index is 11.8. The van der Waals surface area contributed by atoms with Crippen molar-refractivity contribution in [3.05, 3.63) is 28.2 Å². The Kier molecular flexibility index (Phi) is 4.83. The smallest absolute Gasteiger partial charge is 0.279 e. The summed E-state index contributed by atoms with van der Waals surface area (Å²) in [6.45, 7) is 3.60. The maximum Gasteiger partial charge on any atom is 0.279 e. The molecule has 4 nitrogen and oxygen atoms in total. The van der Waals surface area contributed by atoms with E-state index in [2.05, 4.69) is 5.32 Å². The highest BCUT2D eigenvalue weighted by molar-refractivity contribution is 6.35. The lowest BCUT2D eigenvalue weighted by molar-refractivity contribution is -0.899.